The quantitative estimate of drug-likeness (QED) is 0.152. The van der Waals surface area contributed by atoms with Gasteiger partial charge in [-0.05, 0) is 113 Å². The lowest BCUT2D eigenvalue weighted by Gasteiger charge is -2.46. The van der Waals surface area contributed by atoms with Crippen LogP contribution < -0.4 is 5.32 Å². The predicted molar refractivity (Wildman–Crippen MR) is 204 cm³/mol. The average molecular weight is 733 g/mol. The Morgan fingerprint density at radius 1 is 0.692 bits per heavy atom. The number of esters is 4. The molecular formula is C40H68N4O8. The molecule has 0 bridgehead atoms. The Kier molecular flexibility index (Phi) is 17.5. The van der Waals surface area contributed by atoms with Crippen molar-refractivity contribution in [2.24, 2.45) is 0 Å². The minimum absolute atomic E-state index is 0.00267. The van der Waals surface area contributed by atoms with Crippen LogP contribution in [0.2, 0.25) is 0 Å². The first-order valence-corrected chi connectivity index (χ1v) is 18.9. The lowest BCUT2D eigenvalue weighted by molar-refractivity contribution is -0.161. The number of hydrogen-bond donors (Lipinski definition) is 1. The topological polar surface area (TPSA) is 127 Å². The first-order valence-electron chi connectivity index (χ1n) is 18.9. The van der Waals surface area contributed by atoms with E-state index in [1.807, 2.05) is 105 Å². The van der Waals surface area contributed by atoms with Gasteiger partial charge in [-0.15, -0.1) is 0 Å². The van der Waals surface area contributed by atoms with Crippen LogP contribution in [0.5, 0.6) is 0 Å². The second-order valence-corrected chi connectivity index (χ2v) is 16.7. The number of nitrogens with zero attached hydrogens (tertiary/aromatic N) is 3. The summed E-state index contributed by atoms with van der Waals surface area (Å²) in [6.45, 7) is 21.3. The maximum absolute atomic E-state index is 13.6. The third-order valence-electron chi connectivity index (χ3n) is 8.61. The Morgan fingerprint density at radius 3 is 1.58 bits per heavy atom. The predicted octanol–water partition coefficient (Wildman–Crippen LogP) is 5.46. The van der Waals surface area contributed by atoms with E-state index in [0.29, 0.717) is 19.5 Å². The summed E-state index contributed by atoms with van der Waals surface area (Å²) in [6, 6.07) is 7.44. The third kappa shape index (κ3) is 17.1. The second-order valence-electron chi connectivity index (χ2n) is 16.7. The second kappa shape index (κ2) is 20.3. The van der Waals surface area contributed by atoms with Gasteiger partial charge in [0.15, 0.2) is 0 Å². The largest absolute Gasteiger partial charge is 0.465 e. The highest BCUT2D eigenvalue weighted by molar-refractivity contribution is 5.75. The minimum Gasteiger partial charge on any atom is -0.465 e. The Morgan fingerprint density at radius 2 is 1.13 bits per heavy atom. The molecule has 0 saturated heterocycles. The van der Waals surface area contributed by atoms with Crippen molar-refractivity contribution < 1.29 is 38.1 Å². The lowest BCUT2D eigenvalue weighted by atomic mass is 9.87. The van der Waals surface area contributed by atoms with E-state index in [1.165, 1.54) is 0 Å². The summed E-state index contributed by atoms with van der Waals surface area (Å²) in [5.74, 6) is -1.58. The summed E-state index contributed by atoms with van der Waals surface area (Å²) in [5.41, 5.74) is -0.0678. The Hall–Kier alpha value is -3.22. The fraction of sp³-hybridized carbons (Fsp3) is 0.750. The molecule has 3 atom stereocenters. The van der Waals surface area contributed by atoms with Gasteiger partial charge in [-0.25, -0.2) is 0 Å². The van der Waals surface area contributed by atoms with Crippen LogP contribution in [0.15, 0.2) is 24.3 Å². The molecule has 12 nitrogen and oxygen atoms in total. The van der Waals surface area contributed by atoms with Gasteiger partial charge in [0.1, 0.15) is 16.8 Å². The highest BCUT2D eigenvalue weighted by Crippen LogP contribution is 2.29. The van der Waals surface area contributed by atoms with Crippen LogP contribution in [0, 0.1) is 0 Å². The summed E-state index contributed by atoms with van der Waals surface area (Å²) in [5, 5.41) is 3.15. The average Bonchev–Trinajstić information content (AvgIpc) is 3.00. The van der Waals surface area contributed by atoms with Crippen molar-refractivity contribution in [3.8, 4) is 0 Å². The van der Waals surface area contributed by atoms with Gasteiger partial charge in [0.25, 0.3) is 0 Å². The molecule has 0 spiro atoms. The summed E-state index contributed by atoms with van der Waals surface area (Å²) < 4.78 is 22.7. The van der Waals surface area contributed by atoms with Crippen molar-refractivity contribution in [2.45, 2.75) is 143 Å². The van der Waals surface area contributed by atoms with E-state index < -0.39 is 34.8 Å². The first kappa shape index (κ1) is 44.9. The Balaban J connectivity index is 2.66. The molecular weight excluding hydrogens is 664 g/mol. The lowest BCUT2D eigenvalue weighted by Crippen LogP contribution is -2.59. The smallest absolute Gasteiger partial charge is 0.320 e. The standard InChI is InChI=1S/C40H68N4O8/c1-13-42(26-35(46)50-38(3,4)5)32-17-15-16-18-33(32)44(28-37(48)52-40(9,10)11)24-31(23-29-19-21-30(41-12)22-20-29)43(25-34(45)49-14-2)27-36(47)51-39(6,7)8/h19-22,31-33,41H,13-18,23-28H2,1-12H3/t31-,32+,33+/m1/s1. The number of likely N-dealkylation sites (N-methyl/N-ethyl adjacent to an activating group) is 1. The number of hydrogen-bond acceptors (Lipinski definition) is 12. The molecule has 0 heterocycles. The number of ether oxygens (including phenoxy) is 4. The van der Waals surface area contributed by atoms with Crippen LogP contribution in [-0.4, -0.2) is 126 Å². The molecule has 0 aliphatic heterocycles. The number of carbonyl (C=O) groups is 4. The summed E-state index contributed by atoms with van der Waals surface area (Å²) in [4.78, 5) is 59.4. The van der Waals surface area contributed by atoms with Gasteiger partial charge in [-0.3, -0.25) is 33.9 Å². The molecule has 1 N–H and O–H groups in total. The monoisotopic (exact) mass is 733 g/mol. The fourth-order valence-electron chi connectivity index (χ4n) is 6.69. The third-order valence-corrected chi connectivity index (χ3v) is 8.61. The number of rotatable bonds is 18. The number of anilines is 1. The van der Waals surface area contributed by atoms with E-state index in [1.54, 1.807) is 6.92 Å². The maximum atomic E-state index is 13.6. The highest BCUT2D eigenvalue weighted by Gasteiger charge is 2.39. The molecule has 1 saturated carbocycles. The van der Waals surface area contributed by atoms with E-state index in [0.717, 1.165) is 36.9 Å². The molecule has 2 rings (SSSR count). The molecule has 1 aromatic rings. The molecule has 1 fully saturated rings. The van der Waals surface area contributed by atoms with Crippen LogP contribution in [0.4, 0.5) is 5.69 Å². The minimum atomic E-state index is -0.721. The zero-order chi connectivity index (χ0) is 39.3. The van der Waals surface area contributed by atoms with Gasteiger partial charge < -0.3 is 24.3 Å². The van der Waals surface area contributed by atoms with Crippen LogP contribution in [0.1, 0.15) is 107 Å². The van der Waals surface area contributed by atoms with Gasteiger partial charge in [0.05, 0.1) is 32.8 Å². The van der Waals surface area contributed by atoms with Crippen LogP contribution >= 0.6 is 0 Å². The molecule has 0 amide bonds. The fourth-order valence-corrected chi connectivity index (χ4v) is 6.69. The van der Waals surface area contributed by atoms with Crippen molar-refractivity contribution in [3.63, 3.8) is 0 Å². The van der Waals surface area contributed by atoms with Crippen LogP contribution in [0.25, 0.3) is 0 Å². The first-order chi connectivity index (χ1) is 24.1. The van der Waals surface area contributed by atoms with Gasteiger partial charge in [0, 0.05) is 37.4 Å². The summed E-state index contributed by atoms with van der Waals surface area (Å²) >= 11 is 0. The van der Waals surface area contributed by atoms with Crippen LogP contribution in [0.3, 0.4) is 0 Å². The van der Waals surface area contributed by atoms with E-state index in [4.69, 9.17) is 18.9 Å². The maximum Gasteiger partial charge on any atom is 0.320 e. The molecule has 0 aromatic heterocycles. The highest BCUT2D eigenvalue weighted by atomic mass is 16.6. The van der Waals surface area contributed by atoms with Crippen molar-refractivity contribution >= 4 is 29.6 Å². The van der Waals surface area contributed by atoms with E-state index in [2.05, 4.69) is 15.1 Å². The van der Waals surface area contributed by atoms with Crippen molar-refractivity contribution in [3.05, 3.63) is 29.8 Å². The van der Waals surface area contributed by atoms with Crippen molar-refractivity contribution in [1.82, 2.24) is 14.7 Å². The molecule has 1 aliphatic rings. The molecule has 12 heteroatoms. The van der Waals surface area contributed by atoms with Crippen molar-refractivity contribution in [2.75, 3.05) is 58.2 Å². The van der Waals surface area contributed by atoms with Gasteiger partial charge in [-0.1, -0.05) is 31.9 Å². The Bertz CT molecular complexity index is 1280. The Labute approximate surface area is 313 Å². The molecule has 1 aliphatic carbocycles. The summed E-state index contributed by atoms with van der Waals surface area (Å²) in [6.07, 6.45) is 4.06. The van der Waals surface area contributed by atoms with E-state index in [-0.39, 0.29) is 56.8 Å². The van der Waals surface area contributed by atoms with Gasteiger partial charge in [-0.2, -0.15) is 0 Å². The van der Waals surface area contributed by atoms with Gasteiger partial charge in [0.2, 0.25) is 0 Å². The zero-order valence-electron chi connectivity index (χ0n) is 34.1. The number of nitrogens with one attached hydrogen (secondary N) is 1. The SMILES string of the molecule is CCOC(=O)CN(CC(=O)OC(C)(C)C)[C@H](Cc1ccc(NC)cc1)CN(CC(=O)OC(C)(C)C)[C@H]1CCCC[C@@H]1N(CC)CC(=O)OC(C)(C)C. The number of benzene rings is 1. The molecule has 296 valence electrons. The van der Waals surface area contributed by atoms with Gasteiger partial charge >= 0.3 is 23.9 Å². The normalized spacial score (nSPS) is 17.5. The van der Waals surface area contributed by atoms with E-state index in [9.17, 15) is 19.2 Å². The summed E-state index contributed by atoms with van der Waals surface area (Å²) in [7, 11) is 1.86. The van der Waals surface area contributed by atoms with E-state index >= 15 is 0 Å². The van der Waals surface area contributed by atoms with Crippen LogP contribution in [-0.2, 0) is 44.5 Å². The molecule has 0 radical (unpaired) electrons. The zero-order valence-corrected chi connectivity index (χ0v) is 34.1. The molecule has 1 aromatic carbocycles. The molecule has 52 heavy (non-hydrogen) atoms. The molecule has 0 unspecified atom stereocenters. The number of carbonyl (C=O) groups excluding carboxylic acids is 4. The van der Waals surface area contributed by atoms with Crippen molar-refractivity contribution in [1.29, 1.82) is 0 Å².